The average molecular weight is 201 g/mol. The van der Waals surface area contributed by atoms with Crippen LogP contribution >= 0.6 is 0 Å². The summed E-state index contributed by atoms with van der Waals surface area (Å²) >= 11 is 0. The van der Waals surface area contributed by atoms with Crippen molar-refractivity contribution in [3.8, 4) is 5.75 Å². The molecule has 0 atom stereocenters. The van der Waals surface area contributed by atoms with Gasteiger partial charge in [0.1, 0.15) is 0 Å². The quantitative estimate of drug-likeness (QED) is 0.766. The molecule has 0 aromatic heterocycles. The van der Waals surface area contributed by atoms with Gasteiger partial charge in [-0.15, -0.1) is 0 Å². The van der Waals surface area contributed by atoms with E-state index in [1.807, 2.05) is 25.1 Å². The highest BCUT2D eigenvalue weighted by molar-refractivity contribution is 5.97. The minimum Gasteiger partial charge on any atom is -0.872 e. The molecule has 0 saturated carbocycles. The number of hydrogen-bond acceptors (Lipinski definition) is 2. The Labute approximate surface area is 86.6 Å². The maximum atomic E-state index is 11.4. The van der Waals surface area contributed by atoms with Crippen molar-refractivity contribution >= 4 is 16.7 Å². The van der Waals surface area contributed by atoms with Crippen LogP contribution in [0.4, 0.5) is 0 Å². The van der Waals surface area contributed by atoms with Crippen molar-refractivity contribution < 1.29 is 15.0 Å². The summed E-state index contributed by atoms with van der Waals surface area (Å²) in [5.74, 6) is -1.62. The maximum Gasteiger partial charge on any atom is 0.335 e. The van der Waals surface area contributed by atoms with Crippen LogP contribution in [-0.2, 0) is 0 Å². The standard InChI is InChI=1S/C12H10O3/c1-7-2-3-8-6-11(13)10(12(14)15)5-9(8)4-7/h2-6,13H,1H3,(H,14,15)/p-1. The largest absolute Gasteiger partial charge is 0.872 e. The van der Waals surface area contributed by atoms with Gasteiger partial charge in [0.15, 0.2) is 0 Å². The molecule has 3 heteroatoms. The molecular weight excluding hydrogens is 192 g/mol. The summed E-state index contributed by atoms with van der Waals surface area (Å²) in [4.78, 5) is 10.8. The topological polar surface area (TPSA) is 60.4 Å². The number of hydrogen-bond donors (Lipinski definition) is 1. The fourth-order valence-electron chi connectivity index (χ4n) is 1.56. The van der Waals surface area contributed by atoms with Gasteiger partial charge >= 0.3 is 5.97 Å². The Kier molecular flexibility index (Phi) is 2.08. The number of rotatable bonds is 1. The Morgan fingerprint density at radius 1 is 1.20 bits per heavy atom. The van der Waals surface area contributed by atoms with Crippen LogP contribution in [-0.4, -0.2) is 11.1 Å². The second-order valence-electron chi connectivity index (χ2n) is 3.50. The summed E-state index contributed by atoms with van der Waals surface area (Å²) in [5.41, 5.74) is 0.866. The minimum absolute atomic E-state index is 0.173. The first kappa shape index (κ1) is 9.52. The normalized spacial score (nSPS) is 10.5. The van der Waals surface area contributed by atoms with Gasteiger partial charge in [-0.05, 0) is 23.8 Å². The van der Waals surface area contributed by atoms with Gasteiger partial charge in [0.2, 0.25) is 0 Å². The Bertz CT molecular complexity index is 544. The molecule has 2 aromatic rings. The molecule has 0 heterocycles. The summed E-state index contributed by atoms with van der Waals surface area (Å²) in [6.45, 7) is 1.92. The van der Waals surface area contributed by atoms with Crippen LogP contribution < -0.4 is 5.11 Å². The number of fused-ring (bicyclic) bond motifs is 1. The van der Waals surface area contributed by atoms with Crippen LogP contribution in [0.25, 0.3) is 10.8 Å². The van der Waals surface area contributed by atoms with Crippen LogP contribution in [0.5, 0.6) is 5.75 Å². The highest BCUT2D eigenvalue weighted by atomic mass is 16.4. The van der Waals surface area contributed by atoms with Gasteiger partial charge < -0.3 is 10.2 Å². The lowest BCUT2D eigenvalue weighted by Crippen LogP contribution is -2.03. The Morgan fingerprint density at radius 2 is 1.93 bits per heavy atom. The van der Waals surface area contributed by atoms with Gasteiger partial charge in [0.05, 0.1) is 5.56 Å². The molecule has 76 valence electrons. The molecule has 0 aliphatic carbocycles. The van der Waals surface area contributed by atoms with Gasteiger partial charge in [0.25, 0.3) is 0 Å². The number of carboxylic acids is 1. The van der Waals surface area contributed by atoms with E-state index < -0.39 is 11.7 Å². The number of aromatic carboxylic acids is 1. The average Bonchev–Trinajstić information content (AvgIpc) is 2.17. The molecule has 3 nitrogen and oxygen atoms in total. The monoisotopic (exact) mass is 201 g/mol. The molecule has 0 fully saturated rings. The fourth-order valence-corrected chi connectivity index (χ4v) is 1.56. The molecule has 1 N–H and O–H groups in total. The summed E-state index contributed by atoms with van der Waals surface area (Å²) in [6.07, 6.45) is 0. The molecule has 0 spiro atoms. The smallest absolute Gasteiger partial charge is 0.335 e. The predicted octanol–water partition coefficient (Wildman–Crippen LogP) is 1.92. The summed E-state index contributed by atoms with van der Waals surface area (Å²) < 4.78 is 0. The van der Waals surface area contributed by atoms with Crippen molar-refractivity contribution in [2.45, 2.75) is 6.92 Å². The van der Waals surface area contributed by atoms with E-state index >= 15 is 0 Å². The number of carbonyl (C=O) groups is 1. The molecule has 0 radical (unpaired) electrons. The van der Waals surface area contributed by atoms with Gasteiger partial charge in [-0.1, -0.05) is 35.6 Å². The molecule has 0 aliphatic heterocycles. The van der Waals surface area contributed by atoms with Crippen molar-refractivity contribution in [1.82, 2.24) is 0 Å². The van der Waals surface area contributed by atoms with Gasteiger partial charge in [-0.2, -0.15) is 0 Å². The van der Waals surface area contributed by atoms with Crippen molar-refractivity contribution in [1.29, 1.82) is 0 Å². The van der Waals surface area contributed by atoms with Crippen LogP contribution in [0.3, 0.4) is 0 Å². The van der Waals surface area contributed by atoms with E-state index in [-0.39, 0.29) is 5.56 Å². The Balaban J connectivity index is 2.77. The first-order valence-corrected chi connectivity index (χ1v) is 4.52. The van der Waals surface area contributed by atoms with Crippen LogP contribution in [0, 0.1) is 6.92 Å². The van der Waals surface area contributed by atoms with Crippen LogP contribution in [0.1, 0.15) is 15.9 Å². The second kappa shape index (κ2) is 3.28. The van der Waals surface area contributed by atoms with E-state index in [0.29, 0.717) is 0 Å². The van der Waals surface area contributed by atoms with Gasteiger partial charge in [0, 0.05) is 0 Å². The van der Waals surface area contributed by atoms with Crippen LogP contribution in [0.15, 0.2) is 30.3 Å². The fraction of sp³-hybridized carbons (Fsp3) is 0.0833. The third-order valence-electron chi connectivity index (χ3n) is 2.32. The maximum absolute atomic E-state index is 11.4. The van der Waals surface area contributed by atoms with E-state index in [1.165, 1.54) is 12.1 Å². The first-order chi connectivity index (χ1) is 7.08. The minimum atomic E-state index is -1.18. The number of carboxylic acid groups (broad SMARTS) is 1. The Morgan fingerprint density at radius 3 is 2.60 bits per heavy atom. The third-order valence-corrected chi connectivity index (χ3v) is 2.32. The molecule has 15 heavy (non-hydrogen) atoms. The highest BCUT2D eigenvalue weighted by Gasteiger charge is 2.05. The lowest BCUT2D eigenvalue weighted by molar-refractivity contribution is -0.268. The lowest BCUT2D eigenvalue weighted by atomic mass is 10.0. The van der Waals surface area contributed by atoms with Gasteiger partial charge in [-0.25, -0.2) is 4.79 Å². The zero-order chi connectivity index (χ0) is 11.0. The summed E-state index contributed by atoms with van der Waals surface area (Å²) in [6, 6.07) is 8.35. The molecule has 0 aliphatic rings. The van der Waals surface area contributed by atoms with E-state index in [0.717, 1.165) is 16.3 Å². The van der Waals surface area contributed by atoms with E-state index in [9.17, 15) is 9.90 Å². The zero-order valence-electron chi connectivity index (χ0n) is 8.15. The van der Waals surface area contributed by atoms with Crippen molar-refractivity contribution in [2.75, 3.05) is 0 Å². The summed E-state index contributed by atoms with van der Waals surface area (Å²) in [7, 11) is 0. The molecule has 2 rings (SSSR count). The first-order valence-electron chi connectivity index (χ1n) is 4.52. The molecule has 0 unspecified atom stereocenters. The molecule has 0 saturated heterocycles. The number of aryl methyl sites for hydroxylation is 1. The third kappa shape index (κ3) is 1.64. The van der Waals surface area contributed by atoms with Crippen molar-refractivity contribution in [3.05, 3.63) is 41.5 Å². The SMILES string of the molecule is Cc1ccc2cc([O-])c(C(=O)O)cc2c1. The molecular formula is C12H9O3-. The van der Waals surface area contributed by atoms with Gasteiger partial charge in [-0.3, -0.25) is 0 Å². The Hall–Kier alpha value is -2.03. The molecule has 2 aromatic carbocycles. The molecule has 0 amide bonds. The second-order valence-corrected chi connectivity index (χ2v) is 3.50. The highest BCUT2D eigenvalue weighted by Crippen LogP contribution is 2.23. The van der Waals surface area contributed by atoms with Crippen molar-refractivity contribution in [2.24, 2.45) is 0 Å². The molecule has 0 bridgehead atoms. The van der Waals surface area contributed by atoms with E-state index in [2.05, 4.69) is 0 Å². The lowest BCUT2D eigenvalue weighted by Gasteiger charge is -2.11. The summed E-state index contributed by atoms with van der Waals surface area (Å²) in [5, 5.41) is 21.7. The van der Waals surface area contributed by atoms with E-state index in [4.69, 9.17) is 5.11 Å². The van der Waals surface area contributed by atoms with E-state index in [1.54, 1.807) is 0 Å². The number of benzene rings is 2. The predicted molar refractivity (Wildman–Crippen MR) is 55.1 cm³/mol. The zero-order valence-corrected chi connectivity index (χ0v) is 8.15. The van der Waals surface area contributed by atoms with Crippen LogP contribution in [0.2, 0.25) is 0 Å². The van der Waals surface area contributed by atoms with Crippen molar-refractivity contribution in [3.63, 3.8) is 0 Å².